The van der Waals surface area contributed by atoms with E-state index >= 15 is 0 Å². The van der Waals surface area contributed by atoms with E-state index in [0.717, 1.165) is 19.3 Å². The van der Waals surface area contributed by atoms with E-state index in [9.17, 15) is 5.11 Å². The molecule has 1 atom stereocenters. The first-order valence-corrected chi connectivity index (χ1v) is 2.72. The summed E-state index contributed by atoms with van der Waals surface area (Å²) in [5.41, 5.74) is 0. The van der Waals surface area contributed by atoms with Crippen molar-refractivity contribution in [2.45, 2.75) is 25.4 Å². The van der Waals surface area contributed by atoms with E-state index in [1.165, 1.54) is 0 Å². The zero-order valence-electron chi connectivity index (χ0n) is 5.26. The summed E-state index contributed by atoms with van der Waals surface area (Å²) in [6, 6.07) is 0. The number of hydrogen-bond acceptors (Lipinski definition) is 1. The minimum absolute atomic E-state index is 0. The van der Waals surface area contributed by atoms with Crippen LogP contribution in [0.3, 0.4) is 0 Å². The van der Waals surface area contributed by atoms with Gasteiger partial charge in [-0.15, -0.1) is 12.2 Å². The molecule has 0 radical (unpaired) electrons. The molecule has 0 aromatic carbocycles. The quantitative estimate of drug-likeness (QED) is 0.266. The van der Waals surface area contributed by atoms with E-state index < -0.39 is 6.10 Å². The van der Waals surface area contributed by atoms with Crippen molar-refractivity contribution in [1.29, 1.82) is 0 Å². The van der Waals surface area contributed by atoms with Crippen LogP contribution >= 0.6 is 0 Å². The Labute approximate surface area is 92.6 Å². The normalized spacial score (nSPS) is 26.9. The maximum atomic E-state index is 10.5. The Kier molecular flexibility index (Phi) is 6.01. The second-order valence-electron chi connectivity index (χ2n) is 1.90. The van der Waals surface area contributed by atoms with Gasteiger partial charge in [-0.25, -0.2) is 0 Å². The summed E-state index contributed by atoms with van der Waals surface area (Å²) in [7, 11) is 0. The molecule has 8 heavy (non-hydrogen) atoms. The number of rotatable bonds is 0. The second kappa shape index (κ2) is 5.15. The van der Waals surface area contributed by atoms with Gasteiger partial charge in [-0.05, 0) is 6.42 Å². The van der Waals surface area contributed by atoms with E-state index in [1.807, 2.05) is 6.08 Å². The fourth-order valence-corrected chi connectivity index (χ4v) is 0.781. The van der Waals surface area contributed by atoms with Crippen LogP contribution in [0.5, 0.6) is 0 Å². The van der Waals surface area contributed by atoms with Gasteiger partial charge in [0.15, 0.2) is 0 Å². The van der Waals surface area contributed by atoms with Gasteiger partial charge in [0.1, 0.15) is 0 Å². The molecule has 0 saturated heterocycles. The van der Waals surface area contributed by atoms with Gasteiger partial charge >= 0.3 is 51.4 Å². The Morgan fingerprint density at radius 1 is 1.50 bits per heavy atom. The summed E-state index contributed by atoms with van der Waals surface area (Å²) in [4.78, 5) is 0. The predicted octanol–water partition coefficient (Wildman–Crippen LogP) is -2.54. The molecule has 0 spiro atoms. The molecule has 1 unspecified atom stereocenters. The molecule has 0 aromatic rings. The first-order valence-electron chi connectivity index (χ1n) is 2.72. The van der Waals surface area contributed by atoms with E-state index in [-0.39, 0.29) is 51.4 Å². The van der Waals surface area contributed by atoms with Crippen LogP contribution in [0.1, 0.15) is 19.3 Å². The van der Waals surface area contributed by atoms with Crippen LogP contribution in [0.15, 0.2) is 12.2 Å². The van der Waals surface area contributed by atoms with Gasteiger partial charge in [0.25, 0.3) is 0 Å². The molecule has 0 aliphatic heterocycles. The summed E-state index contributed by atoms with van der Waals surface area (Å²) in [6.45, 7) is 0. The average molecular weight is 136 g/mol. The maximum Gasteiger partial charge on any atom is 1.00 e. The van der Waals surface area contributed by atoms with Crippen molar-refractivity contribution in [2.24, 2.45) is 0 Å². The minimum atomic E-state index is -0.395. The van der Waals surface area contributed by atoms with Gasteiger partial charge in [0.2, 0.25) is 0 Å². The molecule has 1 aliphatic carbocycles. The molecule has 0 fully saturated rings. The van der Waals surface area contributed by atoms with E-state index in [0.29, 0.717) is 0 Å². The molecule has 0 amide bonds. The van der Waals surface area contributed by atoms with Gasteiger partial charge in [0, 0.05) is 0 Å². The second-order valence-corrected chi connectivity index (χ2v) is 1.90. The van der Waals surface area contributed by atoms with Crippen LogP contribution in [0.4, 0.5) is 0 Å². The predicted molar refractivity (Wildman–Crippen MR) is 26.8 cm³/mol. The zero-order chi connectivity index (χ0) is 5.11. The van der Waals surface area contributed by atoms with Gasteiger partial charge in [-0.1, -0.05) is 18.9 Å². The van der Waals surface area contributed by atoms with Crippen LogP contribution in [0, 0.1) is 0 Å². The summed E-state index contributed by atoms with van der Waals surface area (Å²) < 4.78 is 0. The molecule has 1 aliphatic rings. The first kappa shape index (κ1) is 9.34. The molecule has 40 valence electrons. The van der Waals surface area contributed by atoms with Gasteiger partial charge in [-0.2, -0.15) is 0 Å². The minimum Gasteiger partial charge on any atom is -0.849 e. The maximum absolute atomic E-state index is 10.5. The van der Waals surface area contributed by atoms with Crippen molar-refractivity contribution in [3.05, 3.63) is 12.2 Å². The molecular formula is C6H9KO. The van der Waals surface area contributed by atoms with E-state index in [1.54, 1.807) is 6.08 Å². The van der Waals surface area contributed by atoms with Crippen molar-refractivity contribution >= 4 is 0 Å². The fraction of sp³-hybridized carbons (Fsp3) is 0.667. The van der Waals surface area contributed by atoms with Crippen LogP contribution in [0.2, 0.25) is 0 Å². The standard InChI is InChI=1S/C6H9O.K/c7-6-4-2-1-3-5-6;/h2,4,6H,1,3,5H2;/q-1;+1. The smallest absolute Gasteiger partial charge is 0.849 e. The topological polar surface area (TPSA) is 23.1 Å². The summed E-state index contributed by atoms with van der Waals surface area (Å²) >= 11 is 0. The van der Waals surface area contributed by atoms with E-state index in [4.69, 9.17) is 0 Å². The average Bonchev–Trinajstić information content (AvgIpc) is 1.69. The third-order valence-corrected chi connectivity index (χ3v) is 1.21. The van der Waals surface area contributed by atoms with Crippen LogP contribution < -0.4 is 56.5 Å². The summed E-state index contributed by atoms with van der Waals surface area (Å²) in [5, 5.41) is 10.5. The number of hydrogen-bond donors (Lipinski definition) is 0. The Morgan fingerprint density at radius 3 is 2.50 bits per heavy atom. The molecule has 0 heterocycles. The SMILES string of the molecule is [K+].[O-]C1C=CCCC1. The Hall–Kier alpha value is 1.34. The molecular weight excluding hydrogens is 127 g/mol. The Balaban J connectivity index is 0.000000490. The molecule has 1 rings (SSSR count). The van der Waals surface area contributed by atoms with Gasteiger partial charge < -0.3 is 5.11 Å². The molecule has 0 aromatic heterocycles. The van der Waals surface area contributed by atoms with Crippen LogP contribution in [-0.2, 0) is 0 Å². The number of allylic oxidation sites excluding steroid dienone is 1. The largest absolute Gasteiger partial charge is 1.00 e. The van der Waals surface area contributed by atoms with Crippen molar-refractivity contribution in [1.82, 2.24) is 0 Å². The monoisotopic (exact) mass is 136 g/mol. The Bertz CT molecular complexity index is 80.6. The van der Waals surface area contributed by atoms with Crippen molar-refractivity contribution in [3.63, 3.8) is 0 Å². The molecule has 0 bridgehead atoms. The van der Waals surface area contributed by atoms with Crippen molar-refractivity contribution < 1.29 is 56.5 Å². The summed E-state index contributed by atoms with van der Waals surface area (Å²) in [6.07, 6.45) is 6.37. The Morgan fingerprint density at radius 2 is 2.25 bits per heavy atom. The third-order valence-electron chi connectivity index (χ3n) is 1.21. The molecule has 0 N–H and O–H groups in total. The van der Waals surface area contributed by atoms with Gasteiger partial charge in [-0.3, -0.25) is 0 Å². The molecule has 1 nitrogen and oxygen atoms in total. The third kappa shape index (κ3) is 3.38. The van der Waals surface area contributed by atoms with Gasteiger partial charge in [0.05, 0.1) is 0 Å². The fourth-order valence-electron chi connectivity index (χ4n) is 0.781. The first-order chi connectivity index (χ1) is 3.39. The van der Waals surface area contributed by atoms with Crippen molar-refractivity contribution in [3.8, 4) is 0 Å². The van der Waals surface area contributed by atoms with Crippen molar-refractivity contribution in [2.75, 3.05) is 0 Å². The molecule has 0 saturated carbocycles. The summed E-state index contributed by atoms with van der Waals surface area (Å²) in [5.74, 6) is 0. The zero-order valence-corrected chi connectivity index (χ0v) is 8.38. The van der Waals surface area contributed by atoms with E-state index in [2.05, 4.69) is 0 Å². The molecule has 2 heteroatoms. The van der Waals surface area contributed by atoms with Crippen LogP contribution in [-0.4, -0.2) is 6.10 Å². The van der Waals surface area contributed by atoms with Crippen LogP contribution in [0.25, 0.3) is 0 Å².